The number of carbonyl (C=O) groups is 1. The number of aromatic nitrogens is 2. The lowest BCUT2D eigenvalue weighted by Gasteiger charge is -2.32. The van der Waals surface area contributed by atoms with Crippen molar-refractivity contribution < 1.29 is 19.2 Å². The van der Waals surface area contributed by atoms with Crippen LogP contribution in [0.3, 0.4) is 0 Å². The SMILES string of the molecule is CC(C)(C)OC(=O)N1CCC(c2ncc(-c3cnc([N+](=O)[O-])c(OCc4ccccc4)c3)s2)CC1. The fourth-order valence-corrected chi connectivity index (χ4v) is 4.86. The molecule has 1 amide bonds. The van der Waals surface area contributed by atoms with Crippen LogP contribution in [0, 0.1) is 10.1 Å². The van der Waals surface area contributed by atoms with E-state index in [0.29, 0.717) is 18.7 Å². The van der Waals surface area contributed by atoms with E-state index in [9.17, 15) is 14.9 Å². The van der Waals surface area contributed by atoms with Crippen molar-refractivity contribution in [3.8, 4) is 16.2 Å². The van der Waals surface area contributed by atoms with Crippen LogP contribution in [-0.4, -0.2) is 44.6 Å². The van der Waals surface area contributed by atoms with Gasteiger partial charge in [-0.1, -0.05) is 30.3 Å². The highest BCUT2D eigenvalue weighted by Gasteiger charge is 2.29. The predicted octanol–water partition coefficient (Wildman–Crippen LogP) is 5.81. The number of ether oxygens (including phenoxy) is 2. The first-order valence-corrected chi connectivity index (χ1v) is 12.3. The van der Waals surface area contributed by atoms with Crippen molar-refractivity contribution in [2.75, 3.05) is 13.1 Å². The molecular formula is C25H28N4O5S. The average molecular weight is 497 g/mol. The normalized spacial score (nSPS) is 14.5. The third-order valence-corrected chi connectivity index (χ3v) is 6.76. The van der Waals surface area contributed by atoms with E-state index in [0.717, 1.165) is 28.3 Å². The molecule has 3 heterocycles. The van der Waals surface area contributed by atoms with Gasteiger partial charge < -0.3 is 24.5 Å². The Bertz CT molecular complexity index is 1180. The molecule has 9 nitrogen and oxygen atoms in total. The van der Waals surface area contributed by atoms with Crippen LogP contribution >= 0.6 is 11.3 Å². The monoisotopic (exact) mass is 496 g/mol. The second kappa shape index (κ2) is 10.4. The maximum absolute atomic E-state index is 12.3. The van der Waals surface area contributed by atoms with Gasteiger partial charge in [0.2, 0.25) is 5.75 Å². The molecule has 1 saturated heterocycles. The number of nitro groups is 1. The Labute approximate surface area is 207 Å². The van der Waals surface area contributed by atoms with Crippen LogP contribution in [0.1, 0.15) is 50.1 Å². The Morgan fingerprint density at radius 3 is 2.54 bits per heavy atom. The summed E-state index contributed by atoms with van der Waals surface area (Å²) in [5, 5.41) is 12.4. The van der Waals surface area contributed by atoms with E-state index in [2.05, 4.69) is 9.97 Å². The zero-order chi connectivity index (χ0) is 25.0. The lowest BCUT2D eigenvalue weighted by molar-refractivity contribution is -0.390. The highest BCUT2D eigenvalue weighted by atomic mass is 32.1. The number of rotatable bonds is 6. The van der Waals surface area contributed by atoms with Crippen LogP contribution in [-0.2, 0) is 11.3 Å². The molecule has 0 unspecified atom stereocenters. The molecule has 0 spiro atoms. The predicted molar refractivity (Wildman–Crippen MR) is 133 cm³/mol. The minimum absolute atomic E-state index is 0.122. The molecular weight excluding hydrogens is 468 g/mol. The Hall–Kier alpha value is -3.53. The first kappa shape index (κ1) is 24.6. The number of pyridine rings is 1. The number of nitrogens with zero attached hydrogens (tertiary/aromatic N) is 4. The van der Waals surface area contributed by atoms with Gasteiger partial charge in [0.25, 0.3) is 0 Å². The Morgan fingerprint density at radius 2 is 1.89 bits per heavy atom. The minimum atomic E-state index is -0.541. The molecule has 3 aromatic rings. The Balaban J connectivity index is 1.44. The van der Waals surface area contributed by atoms with Crippen molar-refractivity contribution in [1.82, 2.24) is 14.9 Å². The topological polar surface area (TPSA) is 108 Å². The van der Waals surface area contributed by atoms with Gasteiger partial charge in [-0.15, -0.1) is 11.3 Å². The van der Waals surface area contributed by atoms with Gasteiger partial charge in [0.05, 0.1) is 9.88 Å². The number of benzene rings is 1. The van der Waals surface area contributed by atoms with Crippen molar-refractivity contribution >= 4 is 23.2 Å². The van der Waals surface area contributed by atoms with Gasteiger partial charge in [-0.2, -0.15) is 0 Å². The number of piperidine rings is 1. The van der Waals surface area contributed by atoms with Gasteiger partial charge >= 0.3 is 11.9 Å². The fraction of sp³-hybridized carbons (Fsp3) is 0.400. The van der Waals surface area contributed by atoms with E-state index in [4.69, 9.17) is 9.47 Å². The summed E-state index contributed by atoms with van der Waals surface area (Å²) in [5.74, 6) is 0.0492. The highest BCUT2D eigenvalue weighted by molar-refractivity contribution is 7.15. The molecule has 1 aromatic carbocycles. The Morgan fingerprint density at radius 1 is 1.17 bits per heavy atom. The lowest BCUT2D eigenvalue weighted by Crippen LogP contribution is -2.41. The number of likely N-dealkylation sites (tertiary alicyclic amines) is 1. The summed E-state index contributed by atoms with van der Waals surface area (Å²) in [6.45, 7) is 7.02. The smallest absolute Gasteiger partial charge is 0.410 e. The van der Waals surface area contributed by atoms with Gasteiger partial charge in [0.15, 0.2) is 0 Å². The van der Waals surface area contributed by atoms with Gasteiger partial charge in [-0.3, -0.25) is 0 Å². The third-order valence-electron chi connectivity index (χ3n) is 5.55. The quantitative estimate of drug-likeness (QED) is 0.313. The zero-order valence-electron chi connectivity index (χ0n) is 20.0. The molecule has 0 N–H and O–H groups in total. The second-order valence-electron chi connectivity index (χ2n) is 9.38. The number of amides is 1. The van der Waals surface area contributed by atoms with E-state index in [-0.39, 0.29) is 30.2 Å². The standard InChI is InChI=1S/C25H28N4O5S/c1-25(2,3)34-24(30)28-11-9-18(10-12-28)23-27-15-21(35-23)19-13-20(22(26-14-19)29(31)32)33-16-17-7-5-4-6-8-17/h4-8,13-15,18H,9-12,16H2,1-3H3. The molecule has 10 heteroatoms. The van der Waals surface area contributed by atoms with E-state index in [1.54, 1.807) is 17.2 Å². The molecule has 4 rings (SSSR count). The van der Waals surface area contributed by atoms with E-state index in [1.807, 2.05) is 51.1 Å². The van der Waals surface area contributed by atoms with Gasteiger partial charge in [0, 0.05) is 36.8 Å². The molecule has 184 valence electrons. The largest absolute Gasteiger partial charge is 0.481 e. The molecule has 1 fully saturated rings. The fourth-order valence-electron chi connectivity index (χ4n) is 3.80. The summed E-state index contributed by atoms with van der Waals surface area (Å²) in [6, 6.07) is 11.1. The number of hydrogen-bond donors (Lipinski definition) is 0. The van der Waals surface area contributed by atoms with E-state index in [1.165, 1.54) is 17.5 Å². The van der Waals surface area contributed by atoms with Gasteiger partial charge in [0.1, 0.15) is 18.4 Å². The van der Waals surface area contributed by atoms with Crippen LogP contribution in [0.5, 0.6) is 5.75 Å². The molecule has 0 bridgehead atoms. The van der Waals surface area contributed by atoms with E-state index < -0.39 is 10.5 Å². The molecule has 0 radical (unpaired) electrons. The molecule has 1 aliphatic heterocycles. The summed E-state index contributed by atoms with van der Waals surface area (Å²) in [4.78, 5) is 34.5. The molecule has 35 heavy (non-hydrogen) atoms. The van der Waals surface area contributed by atoms with Crippen LogP contribution in [0.2, 0.25) is 0 Å². The molecule has 2 aromatic heterocycles. The van der Waals surface area contributed by atoms with Crippen molar-refractivity contribution in [2.24, 2.45) is 0 Å². The molecule has 0 aliphatic carbocycles. The summed E-state index contributed by atoms with van der Waals surface area (Å²) in [7, 11) is 0. The maximum atomic E-state index is 12.3. The van der Waals surface area contributed by atoms with Crippen molar-refractivity contribution in [3.05, 3.63) is 69.5 Å². The van der Waals surface area contributed by atoms with Crippen molar-refractivity contribution in [2.45, 2.75) is 51.7 Å². The number of hydrogen-bond acceptors (Lipinski definition) is 8. The van der Waals surface area contributed by atoms with Crippen LogP contribution in [0.25, 0.3) is 10.4 Å². The third kappa shape index (κ3) is 6.33. The zero-order valence-corrected chi connectivity index (χ0v) is 20.8. The highest BCUT2D eigenvalue weighted by Crippen LogP contribution is 2.37. The number of carbonyl (C=O) groups excluding carboxylic acids is 1. The van der Waals surface area contributed by atoms with Crippen LogP contribution in [0.4, 0.5) is 10.6 Å². The first-order valence-electron chi connectivity index (χ1n) is 11.4. The van der Waals surface area contributed by atoms with Crippen molar-refractivity contribution in [1.29, 1.82) is 0 Å². The molecule has 1 aliphatic rings. The summed E-state index contributed by atoms with van der Waals surface area (Å²) < 4.78 is 11.2. The van der Waals surface area contributed by atoms with Crippen LogP contribution in [0.15, 0.2) is 48.8 Å². The van der Waals surface area contributed by atoms with Crippen LogP contribution < -0.4 is 4.74 Å². The lowest BCUT2D eigenvalue weighted by atomic mass is 9.98. The Kier molecular flexibility index (Phi) is 7.30. The minimum Gasteiger partial charge on any atom is -0.481 e. The molecule has 0 saturated carbocycles. The molecule has 0 atom stereocenters. The first-order chi connectivity index (χ1) is 16.7. The average Bonchev–Trinajstić information content (AvgIpc) is 3.32. The maximum Gasteiger partial charge on any atom is 0.410 e. The summed E-state index contributed by atoms with van der Waals surface area (Å²) in [5.41, 5.74) is 1.11. The summed E-state index contributed by atoms with van der Waals surface area (Å²) in [6.07, 6.45) is 4.57. The van der Waals surface area contributed by atoms with Gasteiger partial charge in [-0.25, -0.2) is 9.78 Å². The van der Waals surface area contributed by atoms with Crippen molar-refractivity contribution in [3.63, 3.8) is 0 Å². The number of thiazole rings is 1. The summed E-state index contributed by atoms with van der Waals surface area (Å²) >= 11 is 1.54. The second-order valence-corrected chi connectivity index (χ2v) is 10.4. The van der Waals surface area contributed by atoms with E-state index >= 15 is 0 Å². The van der Waals surface area contributed by atoms with Gasteiger partial charge in [-0.05, 0) is 49.1 Å².